The maximum absolute atomic E-state index is 13.0. The molecule has 3 rings (SSSR count). The first-order valence-electron chi connectivity index (χ1n) is 8.44. The van der Waals surface area contributed by atoms with Crippen LogP contribution in [0.2, 0.25) is 0 Å². The zero-order chi connectivity index (χ0) is 19.1. The van der Waals surface area contributed by atoms with Crippen molar-refractivity contribution in [2.75, 3.05) is 19.4 Å². The number of nitrogens with zero attached hydrogens (tertiary/aromatic N) is 4. The van der Waals surface area contributed by atoms with Gasteiger partial charge in [-0.05, 0) is 40.3 Å². The molecule has 2 aliphatic rings. The average Bonchev–Trinajstić information content (AvgIpc) is 3.08. The summed E-state index contributed by atoms with van der Waals surface area (Å²) in [4.78, 5) is 28.0. The highest BCUT2D eigenvalue weighted by Gasteiger charge is 2.44. The van der Waals surface area contributed by atoms with Gasteiger partial charge >= 0.3 is 0 Å². The molecule has 7 nitrogen and oxygen atoms in total. The third kappa shape index (κ3) is 3.16. The number of nitrogens with one attached hydrogen (secondary N) is 2. The molecule has 138 valence electrons. The van der Waals surface area contributed by atoms with Gasteiger partial charge in [0.1, 0.15) is 11.7 Å². The average molecular weight is 372 g/mol. The van der Waals surface area contributed by atoms with Crippen molar-refractivity contribution in [3.63, 3.8) is 0 Å². The number of anilines is 1. The predicted molar refractivity (Wildman–Crippen MR) is 107 cm³/mol. The van der Waals surface area contributed by atoms with E-state index < -0.39 is 0 Å². The summed E-state index contributed by atoms with van der Waals surface area (Å²) in [6.45, 7) is 9.68. The van der Waals surface area contributed by atoms with E-state index in [1.807, 2.05) is 26.3 Å². The Labute approximate surface area is 157 Å². The van der Waals surface area contributed by atoms with Crippen LogP contribution in [0.4, 0.5) is 5.13 Å². The number of allylic oxidation sites excluding steroid dienone is 1. The standard InChI is InChI=1S/C18H24N6OS/c1-10-9-26-17(21-10)23-16(25)12-11(2)22-14(19-4)13(12)15(20-5)24(6)18(3)7-8-18/h9H,5,7-8H2,1-4,6H3,(H,19,22)(H,21,23,25)/b15-13+. The summed E-state index contributed by atoms with van der Waals surface area (Å²) >= 11 is 1.40. The molecule has 0 bridgehead atoms. The fourth-order valence-electron chi connectivity index (χ4n) is 2.97. The summed E-state index contributed by atoms with van der Waals surface area (Å²) in [7, 11) is 3.69. The van der Waals surface area contributed by atoms with Crippen LogP contribution >= 0.6 is 11.3 Å². The third-order valence-electron chi connectivity index (χ3n) is 4.93. The summed E-state index contributed by atoms with van der Waals surface area (Å²) in [5.41, 5.74) is 2.87. The first-order chi connectivity index (χ1) is 12.3. The molecule has 1 aromatic heterocycles. The lowest BCUT2D eigenvalue weighted by atomic mass is 10.0. The Bertz CT molecular complexity index is 859. The molecule has 0 saturated heterocycles. The zero-order valence-electron chi connectivity index (χ0n) is 15.8. The van der Waals surface area contributed by atoms with Crippen molar-refractivity contribution in [2.24, 2.45) is 9.98 Å². The lowest BCUT2D eigenvalue weighted by Crippen LogP contribution is -2.32. The minimum absolute atomic E-state index is 0.0485. The van der Waals surface area contributed by atoms with E-state index in [9.17, 15) is 4.79 Å². The number of amides is 1. The number of hydrogen-bond acceptors (Lipinski definition) is 6. The molecule has 0 unspecified atom stereocenters. The second kappa shape index (κ2) is 6.68. The van der Waals surface area contributed by atoms with E-state index in [1.54, 1.807) is 7.05 Å². The van der Waals surface area contributed by atoms with Gasteiger partial charge in [0.2, 0.25) is 0 Å². The molecule has 1 fully saturated rings. The number of rotatable bonds is 5. The van der Waals surface area contributed by atoms with Crippen LogP contribution < -0.4 is 10.6 Å². The van der Waals surface area contributed by atoms with Gasteiger partial charge in [-0.3, -0.25) is 15.1 Å². The summed E-state index contributed by atoms with van der Waals surface area (Å²) in [5.74, 6) is 1.06. The SMILES string of the molecule is C=N/C(=C1/C(C(=O)Nc2nc(C)cs2)=C(C)N/C1=N/C)N(C)C1(C)CC1. The van der Waals surface area contributed by atoms with E-state index in [2.05, 4.69) is 44.1 Å². The minimum Gasteiger partial charge on any atom is -0.354 e. The number of carbonyl (C=O) groups is 1. The smallest absolute Gasteiger partial charge is 0.260 e. The number of hydrogen-bond donors (Lipinski definition) is 2. The maximum atomic E-state index is 13.0. The molecule has 8 heteroatoms. The van der Waals surface area contributed by atoms with Gasteiger partial charge in [0, 0.05) is 30.7 Å². The summed E-state index contributed by atoms with van der Waals surface area (Å²) < 4.78 is 0. The van der Waals surface area contributed by atoms with Crippen molar-refractivity contribution in [2.45, 2.75) is 39.2 Å². The summed E-state index contributed by atoms with van der Waals surface area (Å²) in [6, 6.07) is 0. The molecule has 2 heterocycles. The summed E-state index contributed by atoms with van der Waals surface area (Å²) in [5, 5.41) is 8.55. The quantitative estimate of drug-likeness (QED) is 0.779. The number of carbonyl (C=O) groups excluding carboxylic acids is 1. The van der Waals surface area contributed by atoms with Crippen molar-refractivity contribution < 1.29 is 4.79 Å². The van der Waals surface area contributed by atoms with E-state index in [-0.39, 0.29) is 11.4 Å². The molecule has 1 saturated carbocycles. The molecule has 0 spiro atoms. The van der Waals surface area contributed by atoms with E-state index in [0.29, 0.717) is 27.9 Å². The Morgan fingerprint density at radius 1 is 1.46 bits per heavy atom. The Kier molecular flexibility index (Phi) is 4.70. The zero-order valence-corrected chi connectivity index (χ0v) is 16.6. The van der Waals surface area contributed by atoms with Crippen LogP contribution in [-0.2, 0) is 4.79 Å². The van der Waals surface area contributed by atoms with Gasteiger partial charge in [-0.15, -0.1) is 11.3 Å². The fraction of sp³-hybridized carbons (Fsp3) is 0.444. The predicted octanol–water partition coefficient (Wildman–Crippen LogP) is 2.69. The number of aliphatic imine (C=N–C) groups is 2. The first kappa shape index (κ1) is 18.3. The Morgan fingerprint density at radius 3 is 2.65 bits per heavy atom. The molecule has 0 radical (unpaired) electrons. The number of aromatic nitrogens is 1. The lowest BCUT2D eigenvalue weighted by molar-refractivity contribution is -0.112. The lowest BCUT2D eigenvalue weighted by Gasteiger charge is -2.28. The van der Waals surface area contributed by atoms with Crippen molar-refractivity contribution in [1.82, 2.24) is 15.2 Å². The van der Waals surface area contributed by atoms with E-state index in [4.69, 9.17) is 0 Å². The largest absolute Gasteiger partial charge is 0.354 e. The highest BCUT2D eigenvalue weighted by atomic mass is 32.1. The van der Waals surface area contributed by atoms with Crippen LogP contribution in [0, 0.1) is 6.92 Å². The highest BCUT2D eigenvalue weighted by Crippen LogP contribution is 2.43. The van der Waals surface area contributed by atoms with Gasteiger partial charge in [-0.25, -0.2) is 9.98 Å². The molecular weight excluding hydrogens is 348 g/mol. The van der Waals surface area contributed by atoms with Gasteiger partial charge in [-0.2, -0.15) is 0 Å². The molecule has 0 atom stereocenters. The Morgan fingerprint density at radius 2 is 2.15 bits per heavy atom. The van der Waals surface area contributed by atoms with Crippen molar-refractivity contribution in [3.05, 3.63) is 33.7 Å². The fourth-order valence-corrected chi connectivity index (χ4v) is 3.66. The van der Waals surface area contributed by atoms with Crippen molar-refractivity contribution in [1.29, 1.82) is 0 Å². The van der Waals surface area contributed by atoms with Gasteiger partial charge in [0.15, 0.2) is 5.13 Å². The molecule has 0 aromatic carbocycles. The second-order valence-corrected chi connectivity index (χ2v) is 7.72. The van der Waals surface area contributed by atoms with Crippen LogP contribution in [-0.4, -0.2) is 48.0 Å². The molecule has 1 aliphatic heterocycles. The number of aryl methyl sites for hydroxylation is 1. The van der Waals surface area contributed by atoms with Gasteiger partial charge in [0.25, 0.3) is 5.91 Å². The van der Waals surface area contributed by atoms with Crippen LogP contribution in [0.15, 0.2) is 38.0 Å². The molecule has 1 amide bonds. The molecule has 1 aromatic rings. The van der Waals surface area contributed by atoms with Gasteiger partial charge in [-0.1, -0.05) is 0 Å². The van der Waals surface area contributed by atoms with Crippen LogP contribution in [0.3, 0.4) is 0 Å². The third-order valence-corrected chi connectivity index (χ3v) is 5.81. The van der Waals surface area contributed by atoms with Crippen LogP contribution in [0.1, 0.15) is 32.4 Å². The normalized spacial score (nSPS) is 21.5. The van der Waals surface area contributed by atoms with Crippen LogP contribution in [0.25, 0.3) is 0 Å². The van der Waals surface area contributed by atoms with Gasteiger partial charge in [0.05, 0.1) is 16.8 Å². The Hall–Kier alpha value is -2.48. The van der Waals surface area contributed by atoms with Crippen molar-refractivity contribution >= 4 is 34.9 Å². The second-order valence-electron chi connectivity index (χ2n) is 6.86. The van der Waals surface area contributed by atoms with Crippen LogP contribution in [0.5, 0.6) is 0 Å². The highest BCUT2D eigenvalue weighted by molar-refractivity contribution is 7.13. The molecule has 26 heavy (non-hydrogen) atoms. The Balaban J connectivity index is 2.03. The molecule has 1 aliphatic carbocycles. The monoisotopic (exact) mass is 372 g/mol. The maximum Gasteiger partial charge on any atom is 0.260 e. The van der Waals surface area contributed by atoms with Gasteiger partial charge < -0.3 is 10.2 Å². The molecule has 2 N–H and O–H groups in total. The number of amidine groups is 1. The minimum atomic E-state index is -0.228. The first-order valence-corrected chi connectivity index (χ1v) is 9.32. The molecular formula is C18H24N6OS. The number of thiazole rings is 1. The van der Waals surface area contributed by atoms with E-state index in [1.165, 1.54) is 11.3 Å². The van der Waals surface area contributed by atoms with E-state index in [0.717, 1.165) is 24.2 Å². The topological polar surface area (TPSA) is 82.0 Å². The van der Waals surface area contributed by atoms with E-state index >= 15 is 0 Å². The van der Waals surface area contributed by atoms with Crippen molar-refractivity contribution in [3.8, 4) is 0 Å². The summed E-state index contributed by atoms with van der Waals surface area (Å²) in [6.07, 6.45) is 2.18.